The predicted molar refractivity (Wildman–Crippen MR) is 88.2 cm³/mol. The van der Waals surface area contributed by atoms with Crippen LogP contribution in [0.2, 0.25) is 0 Å². The molecule has 0 aliphatic rings. The number of esters is 1. The lowest BCUT2D eigenvalue weighted by Gasteiger charge is -2.22. The maximum absolute atomic E-state index is 11.7. The number of carboxylic acid groups (broad SMARTS) is 1. The SMILES string of the molecule is COC(=O)c1cccc(COCC(NC(=O)OC(C)(C)C)C(=O)O)c1. The van der Waals surface area contributed by atoms with Crippen molar-refractivity contribution in [2.75, 3.05) is 13.7 Å². The van der Waals surface area contributed by atoms with Gasteiger partial charge in [-0.1, -0.05) is 12.1 Å². The molecule has 0 aliphatic heterocycles. The van der Waals surface area contributed by atoms with Crippen LogP contribution in [0.25, 0.3) is 0 Å². The second-order valence-electron chi connectivity index (χ2n) is 6.24. The van der Waals surface area contributed by atoms with Gasteiger partial charge in [-0.25, -0.2) is 14.4 Å². The van der Waals surface area contributed by atoms with Gasteiger partial charge in [-0.2, -0.15) is 0 Å². The van der Waals surface area contributed by atoms with Crippen molar-refractivity contribution >= 4 is 18.0 Å². The third kappa shape index (κ3) is 7.67. The molecule has 0 aliphatic carbocycles. The van der Waals surface area contributed by atoms with Gasteiger partial charge in [0.2, 0.25) is 0 Å². The van der Waals surface area contributed by atoms with Crippen molar-refractivity contribution in [3.8, 4) is 0 Å². The number of rotatable bonds is 7. The van der Waals surface area contributed by atoms with Gasteiger partial charge in [-0.3, -0.25) is 0 Å². The van der Waals surface area contributed by atoms with Crippen LogP contribution in [0.3, 0.4) is 0 Å². The first kappa shape index (κ1) is 20.4. The number of carboxylic acids is 1. The molecule has 1 aromatic carbocycles. The Morgan fingerprint density at radius 1 is 1.24 bits per heavy atom. The number of aliphatic carboxylic acids is 1. The molecule has 8 nitrogen and oxygen atoms in total. The molecule has 0 aromatic heterocycles. The quantitative estimate of drug-likeness (QED) is 0.721. The Morgan fingerprint density at radius 2 is 1.92 bits per heavy atom. The van der Waals surface area contributed by atoms with Gasteiger partial charge in [-0.15, -0.1) is 0 Å². The van der Waals surface area contributed by atoms with E-state index < -0.39 is 29.7 Å². The third-order valence-corrected chi connectivity index (χ3v) is 2.89. The van der Waals surface area contributed by atoms with Gasteiger partial charge in [0.1, 0.15) is 5.60 Å². The highest BCUT2D eigenvalue weighted by Crippen LogP contribution is 2.09. The van der Waals surface area contributed by atoms with Crippen LogP contribution >= 0.6 is 0 Å². The lowest BCUT2D eigenvalue weighted by molar-refractivity contribution is -0.141. The van der Waals surface area contributed by atoms with Crippen molar-refractivity contribution in [3.63, 3.8) is 0 Å². The van der Waals surface area contributed by atoms with Crippen LogP contribution in [0.15, 0.2) is 24.3 Å². The number of ether oxygens (including phenoxy) is 3. The average Bonchev–Trinajstić information content (AvgIpc) is 2.51. The topological polar surface area (TPSA) is 111 Å². The molecule has 0 saturated carbocycles. The minimum absolute atomic E-state index is 0.0740. The molecule has 1 atom stereocenters. The Kier molecular flexibility index (Phi) is 7.38. The van der Waals surface area contributed by atoms with Crippen molar-refractivity contribution in [3.05, 3.63) is 35.4 Å². The zero-order valence-electron chi connectivity index (χ0n) is 14.7. The van der Waals surface area contributed by atoms with Crippen LogP contribution in [0.5, 0.6) is 0 Å². The highest BCUT2D eigenvalue weighted by molar-refractivity contribution is 5.89. The van der Waals surface area contributed by atoms with Crippen molar-refractivity contribution < 1.29 is 33.7 Å². The van der Waals surface area contributed by atoms with E-state index in [1.807, 2.05) is 0 Å². The summed E-state index contributed by atoms with van der Waals surface area (Å²) < 4.78 is 15.0. The van der Waals surface area contributed by atoms with Gasteiger partial charge in [0.15, 0.2) is 6.04 Å². The summed E-state index contributed by atoms with van der Waals surface area (Å²) in [6.07, 6.45) is -0.837. The number of alkyl carbamates (subject to hydrolysis) is 1. The molecule has 0 spiro atoms. The Labute approximate surface area is 146 Å². The van der Waals surface area contributed by atoms with Gasteiger partial charge in [0, 0.05) is 0 Å². The van der Waals surface area contributed by atoms with Gasteiger partial charge in [-0.05, 0) is 38.5 Å². The van der Waals surface area contributed by atoms with Crippen LogP contribution in [0.1, 0.15) is 36.7 Å². The average molecular weight is 353 g/mol. The van der Waals surface area contributed by atoms with E-state index in [1.54, 1.807) is 45.0 Å². The fourth-order valence-electron chi connectivity index (χ4n) is 1.83. The van der Waals surface area contributed by atoms with Crippen molar-refractivity contribution in [2.45, 2.75) is 39.0 Å². The molecule has 8 heteroatoms. The zero-order chi connectivity index (χ0) is 19.0. The summed E-state index contributed by atoms with van der Waals surface area (Å²) in [5, 5.41) is 11.4. The molecule has 0 fully saturated rings. The summed E-state index contributed by atoms with van der Waals surface area (Å²) in [5.41, 5.74) is 0.303. The summed E-state index contributed by atoms with van der Waals surface area (Å²) in [6, 6.07) is 5.32. The standard InChI is InChI=1S/C17H23NO7/c1-17(2,3)25-16(22)18-13(14(19)20)10-24-9-11-6-5-7-12(8-11)15(21)23-4/h5-8,13H,9-10H2,1-4H3,(H,18,22)(H,19,20). The van der Waals surface area contributed by atoms with E-state index in [2.05, 4.69) is 10.1 Å². The lowest BCUT2D eigenvalue weighted by atomic mass is 10.1. The largest absolute Gasteiger partial charge is 0.480 e. The second kappa shape index (κ2) is 9.03. The number of hydrogen-bond donors (Lipinski definition) is 2. The van der Waals surface area contributed by atoms with Gasteiger partial charge in [0.25, 0.3) is 0 Å². The Hall–Kier alpha value is -2.61. The van der Waals surface area contributed by atoms with E-state index in [0.717, 1.165) is 0 Å². The van der Waals surface area contributed by atoms with Crippen LogP contribution in [-0.4, -0.2) is 48.5 Å². The van der Waals surface area contributed by atoms with E-state index in [0.29, 0.717) is 11.1 Å². The molecule has 1 unspecified atom stereocenters. The van der Waals surface area contributed by atoms with Crippen molar-refractivity contribution in [1.82, 2.24) is 5.32 Å². The molecule has 138 valence electrons. The first-order valence-corrected chi connectivity index (χ1v) is 7.59. The maximum atomic E-state index is 11.7. The monoisotopic (exact) mass is 353 g/mol. The summed E-state index contributed by atoms with van der Waals surface area (Å²) >= 11 is 0. The van der Waals surface area contributed by atoms with E-state index >= 15 is 0 Å². The van der Waals surface area contributed by atoms with Gasteiger partial charge >= 0.3 is 18.0 Å². The molecule has 1 rings (SSSR count). The molecular formula is C17H23NO7. The van der Waals surface area contributed by atoms with E-state index in [4.69, 9.17) is 14.6 Å². The van der Waals surface area contributed by atoms with Crippen LogP contribution in [0.4, 0.5) is 4.79 Å². The zero-order valence-corrected chi connectivity index (χ0v) is 14.7. The fraction of sp³-hybridized carbons (Fsp3) is 0.471. The highest BCUT2D eigenvalue weighted by atomic mass is 16.6. The predicted octanol–water partition coefficient (Wildman–Crippen LogP) is 1.97. The number of amides is 1. The van der Waals surface area contributed by atoms with E-state index in [9.17, 15) is 14.4 Å². The third-order valence-electron chi connectivity index (χ3n) is 2.89. The van der Waals surface area contributed by atoms with Crippen LogP contribution in [0, 0.1) is 0 Å². The maximum Gasteiger partial charge on any atom is 0.408 e. The van der Waals surface area contributed by atoms with Crippen LogP contribution in [-0.2, 0) is 25.6 Å². The molecular weight excluding hydrogens is 330 g/mol. The fourth-order valence-corrected chi connectivity index (χ4v) is 1.83. The minimum Gasteiger partial charge on any atom is -0.480 e. The number of carbonyl (C=O) groups is 3. The Morgan fingerprint density at radius 3 is 2.48 bits per heavy atom. The molecule has 2 N–H and O–H groups in total. The number of hydrogen-bond acceptors (Lipinski definition) is 6. The summed E-state index contributed by atoms with van der Waals surface area (Å²) in [5.74, 6) is -1.72. The van der Waals surface area contributed by atoms with Gasteiger partial charge < -0.3 is 24.6 Å². The Balaban J connectivity index is 2.57. The highest BCUT2D eigenvalue weighted by Gasteiger charge is 2.24. The van der Waals surface area contributed by atoms with Gasteiger partial charge in [0.05, 0.1) is 25.9 Å². The molecule has 1 amide bonds. The normalized spacial score (nSPS) is 12.2. The summed E-state index contributed by atoms with van der Waals surface area (Å²) in [4.78, 5) is 34.3. The number of benzene rings is 1. The number of nitrogens with one attached hydrogen (secondary N) is 1. The first-order valence-electron chi connectivity index (χ1n) is 7.59. The summed E-state index contributed by atoms with van der Waals surface area (Å²) in [7, 11) is 1.28. The number of carbonyl (C=O) groups excluding carboxylic acids is 2. The molecule has 0 saturated heterocycles. The summed E-state index contributed by atoms with van der Waals surface area (Å²) in [6.45, 7) is 4.84. The first-order chi connectivity index (χ1) is 11.6. The molecule has 0 heterocycles. The molecule has 0 bridgehead atoms. The smallest absolute Gasteiger partial charge is 0.408 e. The van der Waals surface area contributed by atoms with E-state index in [1.165, 1.54) is 7.11 Å². The number of methoxy groups -OCH3 is 1. The van der Waals surface area contributed by atoms with Crippen molar-refractivity contribution in [2.24, 2.45) is 0 Å². The van der Waals surface area contributed by atoms with E-state index in [-0.39, 0.29) is 13.2 Å². The molecule has 25 heavy (non-hydrogen) atoms. The molecule has 0 radical (unpaired) electrons. The second-order valence-corrected chi connectivity index (χ2v) is 6.24. The Bertz CT molecular complexity index is 622. The van der Waals surface area contributed by atoms with Crippen LogP contribution < -0.4 is 5.32 Å². The minimum atomic E-state index is -1.25. The van der Waals surface area contributed by atoms with Crippen molar-refractivity contribution in [1.29, 1.82) is 0 Å². The molecule has 1 aromatic rings. The lowest BCUT2D eigenvalue weighted by Crippen LogP contribution is -2.46.